The van der Waals surface area contributed by atoms with Crippen LogP contribution >= 0.6 is 0 Å². The molecule has 4 rings (SSSR count). The van der Waals surface area contributed by atoms with Crippen molar-refractivity contribution in [1.29, 1.82) is 0 Å². The summed E-state index contributed by atoms with van der Waals surface area (Å²) in [4.78, 5) is 13.5. The van der Waals surface area contributed by atoms with E-state index in [-0.39, 0.29) is 6.61 Å². The predicted octanol–water partition coefficient (Wildman–Crippen LogP) is 4.07. The van der Waals surface area contributed by atoms with Gasteiger partial charge in [0.15, 0.2) is 0 Å². The lowest BCUT2D eigenvalue weighted by molar-refractivity contribution is 0.208. The smallest absolute Gasteiger partial charge is 0.134 e. The molecule has 2 N–H and O–H groups in total. The molecule has 162 valence electrons. The van der Waals surface area contributed by atoms with Crippen LogP contribution < -0.4 is 15.1 Å². The highest BCUT2D eigenvalue weighted by Gasteiger charge is 2.21. The quantitative estimate of drug-likeness (QED) is 0.719. The summed E-state index contributed by atoms with van der Waals surface area (Å²) in [5.74, 6) is 2.13. The first-order chi connectivity index (χ1) is 14.7. The van der Waals surface area contributed by atoms with Gasteiger partial charge in [-0.05, 0) is 49.3 Å². The zero-order valence-corrected chi connectivity index (χ0v) is 18.1. The molecule has 1 aliphatic heterocycles. The van der Waals surface area contributed by atoms with Gasteiger partial charge in [-0.25, -0.2) is 9.97 Å². The summed E-state index contributed by atoms with van der Waals surface area (Å²) >= 11 is 0. The molecule has 2 aromatic rings. The third-order valence-corrected chi connectivity index (χ3v) is 6.69. The van der Waals surface area contributed by atoms with Crippen molar-refractivity contribution in [2.45, 2.75) is 57.5 Å². The first-order valence-electron chi connectivity index (χ1n) is 11.5. The standard InChI is InChI=1S/C24H35N5O/c1-28(21-7-3-2-4-8-21)22-11-9-19(10-12-22)15-25-23-14-24(27-18-26-23)29-13-5-6-20(16-29)17-30/h9-12,14,18,20-21,30H,2-8,13,15-17H2,1H3,(H,25,26,27). The van der Waals surface area contributed by atoms with Crippen molar-refractivity contribution in [3.8, 4) is 0 Å². The van der Waals surface area contributed by atoms with E-state index in [1.807, 2.05) is 6.07 Å². The number of nitrogens with zero attached hydrogens (tertiary/aromatic N) is 4. The summed E-state index contributed by atoms with van der Waals surface area (Å²) in [5.41, 5.74) is 2.55. The van der Waals surface area contributed by atoms with E-state index in [0.29, 0.717) is 12.0 Å². The average molecular weight is 410 g/mol. The molecule has 6 heteroatoms. The summed E-state index contributed by atoms with van der Waals surface area (Å²) in [6.45, 7) is 2.84. The van der Waals surface area contributed by atoms with Gasteiger partial charge in [-0.1, -0.05) is 31.4 Å². The molecule has 0 spiro atoms. The predicted molar refractivity (Wildman–Crippen MR) is 123 cm³/mol. The number of rotatable bonds is 7. The number of hydrogen-bond donors (Lipinski definition) is 2. The first-order valence-corrected chi connectivity index (χ1v) is 11.5. The third kappa shape index (κ3) is 5.22. The topological polar surface area (TPSA) is 64.5 Å². The molecule has 1 saturated heterocycles. The number of aromatic nitrogens is 2. The summed E-state index contributed by atoms with van der Waals surface area (Å²) in [7, 11) is 2.23. The molecule has 0 bridgehead atoms. The van der Waals surface area contributed by atoms with Crippen molar-refractivity contribution in [3.63, 3.8) is 0 Å². The maximum Gasteiger partial charge on any atom is 0.134 e. The van der Waals surface area contributed by atoms with E-state index in [1.165, 1.54) is 43.4 Å². The number of benzene rings is 1. The Balaban J connectivity index is 1.33. The summed E-state index contributed by atoms with van der Waals surface area (Å²) in [5, 5.41) is 12.9. The molecule has 2 fully saturated rings. The molecule has 1 aliphatic carbocycles. The lowest BCUT2D eigenvalue weighted by atomic mass is 9.94. The minimum absolute atomic E-state index is 0.249. The van der Waals surface area contributed by atoms with E-state index in [9.17, 15) is 5.11 Å². The first kappa shape index (κ1) is 20.9. The third-order valence-electron chi connectivity index (χ3n) is 6.69. The van der Waals surface area contributed by atoms with E-state index in [4.69, 9.17) is 0 Å². The minimum atomic E-state index is 0.249. The van der Waals surface area contributed by atoms with Gasteiger partial charge in [0.1, 0.15) is 18.0 Å². The molecule has 2 aliphatic rings. The molecule has 2 heterocycles. The van der Waals surface area contributed by atoms with Crippen LogP contribution in [0.3, 0.4) is 0 Å². The van der Waals surface area contributed by atoms with Gasteiger partial charge in [-0.2, -0.15) is 0 Å². The highest BCUT2D eigenvalue weighted by Crippen LogP contribution is 2.26. The maximum absolute atomic E-state index is 9.47. The van der Waals surface area contributed by atoms with Crippen molar-refractivity contribution in [3.05, 3.63) is 42.2 Å². The largest absolute Gasteiger partial charge is 0.396 e. The van der Waals surface area contributed by atoms with E-state index < -0.39 is 0 Å². The van der Waals surface area contributed by atoms with Crippen molar-refractivity contribution in [2.75, 3.05) is 41.9 Å². The van der Waals surface area contributed by atoms with Crippen LogP contribution in [-0.2, 0) is 6.54 Å². The fourth-order valence-electron chi connectivity index (χ4n) is 4.76. The van der Waals surface area contributed by atoms with Gasteiger partial charge in [0.25, 0.3) is 0 Å². The zero-order valence-electron chi connectivity index (χ0n) is 18.1. The van der Waals surface area contributed by atoms with Crippen LogP contribution in [0.25, 0.3) is 0 Å². The molecular formula is C24H35N5O. The van der Waals surface area contributed by atoms with Crippen LogP contribution in [0.4, 0.5) is 17.3 Å². The van der Waals surface area contributed by atoms with Gasteiger partial charge in [0, 0.05) is 51.1 Å². The number of piperidine rings is 1. The Kier molecular flexibility index (Phi) is 7.05. The van der Waals surface area contributed by atoms with E-state index in [2.05, 4.69) is 56.4 Å². The normalized spacial score (nSPS) is 20.2. The van der Waals surface area contributed by atoms with Crippen LogP contribution in [0, 0.1) is 5.92 Å². The van der Waals surface area contributed by atoms with Gasteiger partial charge in [-0.15, -0.1) is 0 Å². The van der Waals surface area contributed by atoms with Crippen LogP contribution in [0.15, 0.2) is 36.7 Å². The fourth-order valence-corrected chi connectivity index (χ4v) is 4.76. The lowest BCUT2D eigenvalue weighted by Gasteiger charge is -2.33. The summed E-state index contributed by atoms with van der Waals surface area (Å²) in [6.07, 6.45) is 10.5. The van der Waals surface area contributed by atoms with E-state index in [1.54, 1.807) is 6.33 Å². The van der Waals surface area contributed by atoms with Crippen LogP contribution in [0.2, 0.25) is 0 Å². The molecule has 1 aromatic carbocycles. The Bertz CT molecular complexity index is 790. The maximum atomic E-state index is 9.47. The number of nitrogens with one attached hydrogen (secondary N) is 1. The molecule has 0 radical (unpaired) electrons. The Hall–Kier alpha value is -2.34. The van der Waals surface area contributed by atoms with Gasteiger partial charge < -0.3 is 20.2 Å². The van der Waals surface area contributed by atoms with Gasteiger partial charge in [0.2, 0.25) is 0 Å². The number of anilines is 3. The van der Waals surface area contributed by atoms with Crippen molar-refractivity contribution in [2.24, 2.45) is 5.92 Å². The molecule has 1 atom stereocenters. The second kappa shape index (κ2) is 10.1. The number of hydrogen-bond acceptors (Lipinski definition) is 6. The summed E-state index contributed by atoms with van der Waals surface area (Å²) in [6, 6.07) is 11.6. The Labute approximate surface area is 180 Å². The van der Waals surface area contributed by atoms with Crippen molar-refractivity contribution >= 4 is 17.3 Å². The summed E-state index contributed by atoms with van der Waals surface area (Å²) < 4.78 is 0. The fraction of sp³-hybridized carbons (Fsp3) is 0.583. The number of aliphatic hydroxyl groups excluding tert-OH is 1. The van der Waals surface area contributed by atoms with E-state index >= 15 is 0 Å². The van der Waals surface area contributed by atoms with Crippen molar-refractivity contribution in [1.82, 2.24) is 9.97 Å². The van der Waals surface area contributed by atoms with E-state index in [0.717, 1.165) is 44.1 Å². The Morgan fingerprint density at radius 1 is 1.07 bits per heavy atom. The lowest BCUT2D eigenvalue weighted by Crippen LogP contribution is -2.37. The molecule has 1 saturated carbocycles. The monoisotopic (exact) mass is 409 g/mol. The molecule has 1 unspecified atom stereocenters. The van der Waals surface area contributed by atoms with Gasteiger partial charge in [0.05, 0.1) is 0 Å². The number of aliphatic hydroxyl groups is 1. The molecule has 6 nitrogen and oxygen atoms in total. The highest BCUT2D eigenvalue weighted by atomic mass is 16.3. The highest BCUT2D eigenvalue weighted by molar-refractivity contribution is 5.51. The molecule has 1 aromatic heterocycles. The molecule has 30 heavy (non-hydrogen) atoms. The van der Waals surface area contributed by atoms with Crippen LogP contribution in [0.5, 0.6) is 0 Å². The van der Waals surface area contributed by atoms with Gasteiger partial charge >= 0.3 is 0 Å². The molecular weight excluding hydrogens is 374 g/mol. The van der Waals surface area contributed by atoms with Crippen molar-refractivity contribution < 1.29 is 5.11 Å². The SMILES string of the molecule is CN(c1ccc(CNc2cc(N3CCCC(CO)C3)ncn2)cc1)C1CCCCC1. The van der Waals surface area contributed by atoms with Gasteiger partial charge in [-0.3, -0.25) is 0 Å². The Morgan fingerprint density at radius 3 is 2.63 bits per heavy atom. The van der Waals surface area contributed by atoms with Crippen LogP contribution in [0.1, 0.15) is 50.5 Å². The average Bonchev–Trinajstić information content (AvgIpc) is 2.83. The minimum Gasteiger partial charge on any atom is -0.396 e. The van der Waals surface area contributed by atoms with Crippen LogP contribution in [-0.4, -0.2) is 47.9 Å². The molecule has 0 amide bonds. The Morgan fingerprint density at radius 2 is 1.87 bits per heavy atom. The zero-order chi connectivity index (χ0) is 20.8. The second-order valence-electron chi connectivity index (χ2n) is 8.82. The second-order valence-corrected chi connectivity index (χ2v) is 8.82.